The van der Waals surface area contributed by atoms with Crippen molar-refractivity contribution < 1.29 is 19.4 Å². The minimum absolute atomic E-state index is 0.0563. The van der Waals surface area contributed by atoms with E-state index in [0.717, 1.165) is 98.7 Å². The van der Waals surface area contributed by atoms with Crippen LogP contribution in [0.2, 0.25) is 0 Å². The van der Waals surface area contributed by atoms with Crippen molar-refractivity contribution in [3.05, 3.63) is 82.2 Å². The van der Waals surface area contributed by atoms with E-state index < -0.39 is 5.97 Å². The van der Waals surface area contributed by atoms with Crippen molar-refractivity contribution in [2.45, 2.75) is 174 Å². The summed E-state index contributed by atoms with van der Waals surface area (Å²) in [6.07, 6.45) is 28.2. The monoisotopic (exact) mass is 967 g/mol. The Morgan fingerprint density at radius 3 is 1.62 bits per heavy atom. The van der Waals surface area contributed by atoms with Crippen molar-refractivity contribution in [1.29, 1.82) is 5.26 Å². The first-order valence-electron chi connectivity index (χ1n) is 26.7. The van der Waals surface area contributed by atoms with E-state index >= 15 is 0 Å². The van der Waals surface area contributed by atoms with Crippen LogP contribution in [0.4, 0.5) is 5.69 Å². The van der Waals surface area contributed by atoms with Crippen LogP contribution in [0.1, 0.15) is 185 Å². The SMILES string of the molecule is CCCCCCCCCCOc1cc2c(cc1OCCCCCCCCCC)c1cc(-c3ccc4c(c3)C(CCCC)(CCCC)c3cc(N(C)C)ccc3-4)sc1c1sc(/C=C(/C#N)C(=O)O)cc21. The molecule has 6 aromatic rings. The smallest absolute Gasteiger partial charge is 0.346 e. The normalized spacial score (nSPS) is 13.0. The Morgan fingerprint density at radius 2 is 1.10 bits per heavy atom. The second-order valence-corrected chi connectivity index (χ2v) is 22.0. The van der Waals surface area contributed by atoms with Gasteiger partial charge in [-0.15, -0.1) is 22.7 Å². The molecule has 6 nitrogen and oxygen atoms in total. The van der Waals surface area contributed by atoms with Gasteiger partial charge in [-0.1, -0.05) is 161 Å². The van der Waals surface area contributed by atoms with Crippen LogP contribution in [-0.2, 0) is 10.2 Å². The summed E-state index contributed by atoms with van der Waals surface area (Å²) in [5.74, 6) is 0.332. The summed E-state index contributed by atoms with van der Waals surface area (Å²) in [5.41, 5.74) is 7.80. The summed E-state index contributed by atoms with van der Waals surface area (Å²) in [5, 5.41) is 24.0. The summed E-state index contributed by atoms with van der Waals surface area (Å²) in [4.78, 5) is 16.3. The zero-order valence-corrected chi connectivity index (χ0v) is 44.3. The van der Waals surface area contributed by atoms with Crippen molar-refractivity contribution >= 4 is 71.4 Å². The average Bonchev–Trinajstić information content (AvgIpc) is 4.06. The van der Waals surface area contributed by atoms with E-state index in [1.807, 2.05) is 17.4 Å². The molecule has 4 aromatic carbocycles. The lowest BCUT2D eigenvalue weighted by Crippen LogP contribution is -2.26. The van der Waals surface area contributed by atoms with Crippen LogP contribution in [0.25, 0.3) is 58.6 Å². The number of carboxylic acids is 1. The third-order valence-corrected chi connectivity index (χ3v) is 17.0. The highest BCUT2D eigenvalue weighted by atomic mass is 32.1. The molecule has 0 saturated carbocycles. The number of aliphatic carboxylic acids is 1. The molecule has 0 aliphatic heterocycles. The molecule has 69 heavy (non-hydrogen) atoms. The highest BCUT2D eigenvalue weighted by Gasteiger charge is 2.42. The highest BCUT2D eigenvalue weighted by Crippen LogP contribution is 2.56. The number of thiophene rings is 2. The average molecular weight is 967 g/mol. The third kappa shape index (κ3) is 12.2. The van der Waals surface area contributed by atoms with Gasteiger partial charge in [0.15, 0.2) is 11.5 Å². The molecule has 0 spiro atoms. The van der Waals surface area contributed by atoms with Crippen LogP contribution >= 0.6 is 22.7 Å². The van der Waals surface area contributed by atoms with Gasteiger partial charge in [0, 0.05) is 45.7 Å². The minimum Gasteiger partial charge on any atom is -0.490 e. The summed E-state index contributed by atoms with van der Waals surface area (Å²) >= 11 is 3.37. The van der Waals surface area contributed by atoms with E-state index in [-0.39, 0.29) is 11.0 Å². The van der Waals surface area contributed by atoms with Gasteiger partial charge in [-0.25, -0.2) is 4.79 Å². The number of hydrogen-bond acceptors (Lipinski definition) is 7. The number of ether oxygens (including phenoxy) is 2. The summed E-state index contributed by atoms with van der Waals surface area (Å²) in [6.45, 7) is 10.4. The standard InChI is InChI=1S/C61H78N2O4S2/c1-7-11-15-17-19-21-23-25-33-66-55-39-49-50(40-56(55)67-34-26-24-22-20-18-16-12-8-2)52-41-57(69-59(52)58-51(49)38-46(68-58)35-44(42-62)60(64)65)43-27-29-47-48-30-28-45(63(5)6)37-54(48)61(31-13-9-3,32-14-10-4)53(47)36-43/h27-30,35-41H,7-26,31-34H2,1-6H3,(H,64,65)/b44-35-. The Balaban J connectivity index is 1.32. The number of rotatable bonds is 30. The molecule has 2 aromatic heterocycles. The molecule has 2 heterocycles. The number of benzene rings is 4. The lowest BCUT2D eigenvalue weighted by Gasteiger charge is -2.33. The number of fused-ring (bicyclic) bond motifs is 9. The fourth-order valence-electron chi connectivity index (χ4n) is 10.6. The molecule has 8 heteroatoms. The first-order valence-corrected chi connectivity index (χ1v) is 28.4. The predicted octanol–water partition coefficient (Wildman–Crippen LogP) is 18.7. The van der Waals surface area contributed by atoms with Gasteiger partial charge >= 0.3 is 5.97 Å². The van der Waals surface area contributed by atoms with E-state index in [9.17, 15) is 15.2 Å². The highest BCUT2D eigenvalue weighted by molar-refractivity contribution is 7.29. The molecule has 0 saturated heterocycles. The lowest BCUT2D eigenvalue weighted by molar-refractivity contribution is -0.132. The summed E-state index contributed by atoms with van der Waals surface area (Å²) in [6, 6.07) is 25.1. The van der Waals surface area contributed by atoms with E-state index in [0.29, 0.717) is 13.2 Å². The number of nitrogens with zero attached hydrogens (tertiary/aromatic N) is 2. The van der Waals surface area contributed by atoms with Crippen molar-refractivity contribution in [1.82, 2.24) is 0 Å². The zero-order chi connectivity index (χ0) is 48.8. The molecular weight excluding hydrogens is 889 g/mol. The maximum Gasteiger partial charge on any atom is 0.346 e. The van der Waals surface area contributed by atoms with E-state index in [4.69, 9.17) is 9.47 Å². The van der Waals surface area contributed by atoms with Gasteiger partial charge in [0.05, 0.1) is 22.6 Å². The molecule has 1 aliphatic rings. The predicted molar refractivity (Wildman–Crippen MR) is 297 cm³/mol. The topological polar surface area (TPSA) is 82.8 Å². The van der Waals surface area contributed by atoms with E-state index in [1.165, 1.54) is 134 Å². The molecule has 0 amide bonds. The van der Waals surface area contributed by atoms with Crippen molar-refractivity contribution in [3.63, 3.8) is 0 Å². The molecule has 0 radical (unpaired) electrons. The largest absolute Gasteiger partial charge is 0.490 e. The lowest BCUT2D eigenvalue weighted by atomic mass is 9.70. The number of hydrogen-bond donors (Lipinski definition) is 1. The molecule has 1 aliphatic carbocycles. The number of nitriles is 1. The van der Waals surface area contributed by atoms with Gasteiger partial charge in [0.1, 0.15) is 11.6 Å². The van der Waals surface area contributed by atoms with Gasteiger partial charge in [-0.05, 0) is 113 Å². The van der Waals surface area contributed by atoms with Crippen LogP contribution in [0.15, 0.2) is 66.2 Å². The van der Waals surface area contributed by atoms with E-state index in [1.54, 1.807) is 11.3 Å². The number of carbonyl (C=O) groups is 1. The second-order valence-electron chi connectivity index (χ2n) is 19.9. The first kappa shape index (κ1) is 52.0. The summed E-state index contributed by atoms with van der Waals surface area (Å²) < 4.78 is 15.7. The molecule has 0 bridgehead atoms. The second kappa shape index (κ2) is 25.3. The maximum atomic E-state index is 12.1. The van der Waals surface area contributed by atoms with Gasteiger partial charge in [-0.3, -0.25) is 0 Å². The molecule has 0 fully saturated rings. The van der Waals surface area contributed by atoms with Crippen molar-refractivity contribution in [2.24, 2.45) is 0 Å². The Hall–Kier alpha value is -4.84. The molecule has 0 unspecified atom stereocenters. The van der Waals surface area contributed by atoms with E-state index in [2.05, 4.69) is 107 Å². The zero-order valence-electron chi connectivity index (χ0n) is 42.7. The Labute approximate surface area is 421 Å². The minimum atomic E-state index is -1.22. The molecular formula is C61H78N2O4S2. The Kier molecular flexibility index (Phi) is 19.1. The quantitative estimate of drug-likeness (QED) is 0.0275. The van der Waals surface area contributed by atoms with Crippen LogP contribution < -0.4 is 14.4 Å². The van der Waals surface area contributed by atoms with Crippen LogP contribution in [-0.4, -0.2) is 38.4 Å². The fraction of sp³-hybridized carbons (Fsp3) is 0.508. The first-order chi connectivity index (χ1) is 33.7. The van der Waals surface area contributed by atoms with Gasteiger partial charge in [0.2, 0.25) is 0 Å². The third-order valence-electron chi connectivity index (χ3n) is 14.6. The van der Waals surface area contributed by atoms with Gasteiger partial charge in [0.25, 0.3) is 0 Å². The number of unbranched alkanes of at least 4 members (excludes halogenated alkanes) is 16. The van der Waals surface area contributed by atoms with Crippen molar-refractivity contribution in [2.75, 3.05) is 32.2 Å². The van der Waals surface area contributed by atoms with Crippen LogP contribution in [0, 0.1) is 11.3 Å². The molecule has 1 N–H and O–H groups in total. The van der Waals surface area contributed by atoms with Gasteiger partial charge < -0.3 is 19.5 Å². The van der Waals surface area contributed by atoms with Gasteiger partial charge in [-0.2, -0.15) is 5.26 Å². The maximum absolute atomic E-state index is 12.1. The van der Waals surface area contributed by atoms with Crippen LogP contribution in [0.3, 0.4) is 0 Å². The Morgan fingerprint density at radius 1 is 0.609 bits per heavy atom. The molecule has 0 atom stereocenters. The number of anilines is 1. The van der Waals surface area contributed by atoms with Crippen LogP contribution in [0.5, 0.6) is 11.5 Å². The fourth-order valence-corrected chi connectivity index (χ4v) is 13.1. The number of carboxylic acid groups (broad SMARTS) is 1. The van der Waals surface area contributed by atoms with Crippen molar-refractivity contribution in [3.8, 4) is 39.1 Å². The molecule has 7 rings (SSSR count). The summed E-state index contributed by atoms with van der Waals surface area (Å²) in [7, 11) is 4.28. The Bertz CT molecular complexity index is 2730. The molecule has 368 valence electrons.